The van der Waals surface area contributed by atoms with Crippen LogP contribution in [0.15, 0.2) is 18.2 Å². The van der Waals surface area contributed by atoms with E-state index in [9.17, 15) is 27.9 Å². The lowest BCUT2D eigenvalue weighted by Crippen LogP contribution is -2.73. The van der Waals surface area contributed by atoms with Gasteiger partial charge in [0.2, 0.25) is 0 Å². The number of amides is 2. The van der Waals surface area contributed by atoms with Gasteiger partial charge in [0.1, 0.15) is 5.92 Å². The number of halogens is 5. The number of carbonyl (C=O) groups excluding carboxylic acids is 2. The van der Waals surface area contributed by atoms with Crippen LogP contribution in [0.4, 0.5) is 18.0 Å². The van der Waals surface area contributed by atoms with Crippen LogP contribution in [0.25, 0.3) is 0 Å². The molecule has 3 atom stereocenters. The third kappa shape index (κ3) is 3.63. The molecule has 0 aromatic heterocycles. The van der Waals surface area contributed by atoms with Crippen molar-refractivity contribution in [3.63, 3.8) is 0 Å². The lowest BCUT2D eigenvalue weighted by atomic mass is 9.82. The van der Waals surface area contributed by atoms with Crippen molar-refractivity contribution in [1.82, 2.24) is 10.6 Å². The summed E-state index contributed by atoms with van der Waals surface area (Å²) in [7, 11) is 0. The van der Waals surface area contributed by atoms with Crippen LogP contribution in [0.2, 0.25) is 10.0 Å². The molecule has 1 aliphatic rings. The minimum Gasteiger partial charge on any atom is -0.466 e. The van der Waals surface area contributed by atoms with E-state index in [0.717, 1.165) is 0 Å². The molecule has 2 amide bonds. The minimum absolute atomic E-state index is 0.0263. The molecular formula is C14H13Cl2F3N2O4. The van der Waals surface area contributed by atoms with Gasteiger partial charge in [-0.1, -0.05) is 29.3 Å². The van der Waals surface area contributed by atoms with Gasteiger partial charge in [-0.15, -0.1) is 0 Å². The van der Waals surface area contributed by atoms with Gasteiger partial charge in [0, 0.05) is 10.0 Å². The highest BCUT2D eigenvalue weighted by Crippen LogP contribution is 2.44. The molecule has 6 nitrogen and oxygen atoms in total. The van der Waals surface area contributed by atoms with Gasteiger partial charge in [-0.2, -0.15) is 13.2 Å². The molecule has 11 heteroatoms. The summed E-state index contributed by atoms with van der Waals surface area (Å²) in [6.07, 6.45) is -5.35. The molecule has 1 aromatic rings. The van der Waals surface area contributed by atoms with Crippen molar-refractivity contribution in [2.45, 2.75) is 24.9 Å². The van der Waals surface area contributed by atoms with E-state index in [0.29, 0.717) is 0 Å². The van der Waals surface area contributed by atoms with Crippen molar-refractivity contribution in [3.05, 3.63) is 33.8 Å². The molecule has 2 rings (SSSR count). The Morgan fingerprint density at radius 1 is 1.40 bits per heavy atom. The molecule has 1 saturated heterocycles. The van der Waals surface area contributed by atoms with Crippen LogP contribution in [-0.4, -0.2) is 35.6 Å². The molecule has 138 valence electrons. The smallest absolute Gasteiger partial charge is 0.437 e. The average molecular weight is 401 g/mol. The summed E-state index contributed by atoms with van der Waals surface area (Å²) in [5.74, 6) is -3.59. The molecule has 1 aromatic carbocycles. The van der Waals surface area contributed by atoms with Gasteiger partial charge in [-0.05, 0) is 24.6 Å². The number of carbonyl (C=O) groups is 2. The summed E-state index contributed by atoms with van der Waals surface area (Å²) in [4.78, 5) is 23.9. The first kappa shape index (κ1) is 19.6. The van der Waals surface area contributed by atoms with E-state index in [1.54, 1.807) is 0 Å². The van der Waals surface area contributed by atoms with Crippen LogP contribution in [0, 0.1) is 5.92 Å². The van der Waals surface area contributed by atoms with Gasteiger partial charge in [-0.25, -0.2) is 4.79 Å². The first-order chi connectivity index (χ1) is 11.5. The van der Waals surface area contributed by atoms with Crippen molar-refractivity contribution < 1.29 is 32.6 Å². The molecule has 0 bridgehead atoms. The summed E-state index contributed by atoms with van der Waals surface area (Å²) in [6, 6.07) is 0.901. The van der Waals surface area contributed by atoms with Crippen LogP contribution < -0.4 is 10.6 Å². The topological polar surface area (TPSA) is 87.7 Å². The Balaban J connectivity index is 2.61. The Kier molecular flexibility index (Phi) is 5.41. The van der Waals surface area contributed by atoms with E-state index in [2.05, 4.69) is 10.1 Å². The molecule has 1 aliphatic heterocycles. The number of benzene rings is 1. The maximum atomic E-state index is 13.4. The number of urea groups is 1. The van der Waals surface area contributed by atoms with Crippen molar-refractivity contribution in [2.24, 2.45) is 5.92 Å². The third-order valence-corrected chi connectivity index (χ3v) is 4.21. The molecule has 1 heterocycles. The Morgan fingerprint density at radius 3 is 2.56 bits per heavy atom. The molecule has 0 spiro atoms. The molecule has 3 N–H and O–H groups in total. The maximum absolute atomic E-state index is 13.4. The van der Waals surface area contributed by atoms with Gasteiger partial charge in [0.15, 0.2) is 0 Å². The average Bonchev–Trinajstić information content (AvgIpc) is 2.45. The third-order valence-electron chi connectivity index (χ3n) is 3.64. The van der Waals surface area contributed by atoms with Crippen LogP contribution in [0.5, 0.6) is 0 Å². The van der Waals surface area contributed by atoms with Gasteiger partial charge in [0.05, 0.1) is 12.6 Å². The second-order valence-corrected chi connectivity index (χ2v) is 6.08. The molecule has 25 heavy (non-hydrogen) atoms. The zero-order valence-corrected chi connectivity index (χ0v) is 14.2. The predicted molar refractivity (Wildman–Crippen MR) is 82.0 cm³/mol. The zero-order chi connectivity index (χ0) is 19.0. The number of ether oxygens (including phenoxy) is 1. The maximum Gasteiger partial charge on any atom is 0.437 e. The second kappa shape index (κ2) is 6.89. The van der Waals surface area contributed by atoms with Gasteiger partial charge in [-0.3, -0.25) is 4.79 Å². The lowest BCUT2D eigenvalue weighted by Gasteiger charge is -2.44. The second-order valence-electron chi connectivity index (χ2n) is 5.24. The highest BCUT2D eigenvalue weighted by molar-refractivity contribution is 6.35. The Hall–Kier alpha value is -1.71. The van der Waals surface area contributed by atoms with Gasteiger partial charge < -0.3 is 20.5 Å². The number of hydrogen-bond acceptors (Lipinski definition) is 4. The number of aliphatic hydroxyl groups is 1. The van der Waals surface area contributed by atoms with E-state index < -0.39 is 35.9 Å². The fourth-order valence-electron chi connectivity index (χ4n) is 2.55. The number of esters is 1. The van der Waals surface area contributed by atoms with Crippen molar-refractivity contribution in [2.75, 3.05) is 6.61 Å². The van der Waals surface area contributed by atoms with Crippen molar-refractivity contribution in [3.8, 4) is 0 Å². The van der Waals surface area contributed by atoms with Crippen molar-refractivity contribution >= 4 is 35.2 Å². The van der Waals surface area contributed by atoms with Crippen LogP contribution in [-0.2, 0) is 9.53 Å². The molecular weight excluding hydrogens is 388 g/mol. The standard InChI is InChI=1S/C14H13Cl2F3N2O4/c1-2-25-11(22)9-10(7-4-3-6(15)5-8(7)16)20-12(23)21-13(9,24)14(17,18)19/h3-5,9-10,24H,2H2,1H3,(H2,20,21,23). The van der Waals surface area contributed by atoms with E-state index >= 15 is 0 Å². The number of nitrogens with one attached hydrogen (secondary N) is 2. The molecule has 0 radical (unpaired) electrons. The zero-order valence-electron chi connectivity index (χ0n) is 12.7. The lowest BCUT2D eigenvalue weighted by molar-refractivity contribution is -0.294. The normalized spacial score (nSPS) is 26.6. The van der Waals surface area contributed by atoms with E-state index in [1.807, 2.05) is 0 Å². The molecule has 0 saturated carbocycles. The fourth-order valence-corrected chi connectivity index (χ4v) is 3.08. The highest BCUT2D eigenvalue weighted by Gasteiger charge is 2.67. The summed E-state index contributed by atoms with van der Waals surface area (Å²) in [5.41, 5.74) is -3.86. The van der Waals surface area contributed by atoms with Gasteiger partial charge >= 0.3 is 18.2 Å². The SMILES string of the molecule is CCOC(=O)C1C(c2ccc(Cl)cc2Cl)NC(=O)NC1(O)C(F)(F)F. The number of rotatable bonds is 3. The Morgan fingerprint density at radius 2 is 2.04 bits per heavy atom. The van der Waals surface area contributed by atoms with Crippen molar-refractivity contribution in [1.29, 1.82) is 0 Å². The number of alkyl halides is 3. The largest absolute Gasteiger partial charge is 0.466 e. The summed E-state index contributed by atoms with van der Waals surface area (Å²) in [5, 5.41) is 13.8. The molecule has 1 fully saturated rings. The summed E-state index contributed by atoms with van der Waals surface area (Å²) < 4.78 is 45.0. The van der Waals surface area contributed by atoms with E-state index in [-0.39, 0.29) is 22.2 Å². The Bertz CT molecular complexity index is 701. The van der Waals surface area contributed by atoms with Crippen LogP contribution in [0.1, 0.15) is 18.5 Å². The first-order valence-electron chi connectivity index (χ1n) is 7.00. The number of hydrogen-bond donors (Lipinski definition) is 3. The minimum atomic E-state index is -5.35. The fraction of sp³-hybridized carbons (Fsp3) is 0.429. The Labute approximate surface area is 150 Å². The first-order valence-corrected chi connectivity index (χ1v) is 7.76. The van der Waals surface area contributed by atoms with E-state index in [4.69, 9.17) is 23.2 Å². The van der Waals surface area contributed by atoms with Crippen LogP contribution in [0.3, 0.4) is 0 Å². The van der Waals surface area contributed by atoms with Gasteiger partial charge in [0.25, 0.3) is 5.72 Å². The molecule has 3 unspecified atom stereocenters. The predicted octanol–water partition coefficient (Wildman–Crippen LogP) is 2.78. The summed E-state index contributed by atoms with van der Waals surface area (Å²) in [6.45, 7) is 1.17. The van der Waals surface area contributed by atoms with Crippen LogP contribution >= 0.6 is 23.2 Å². The highest BCUT2D eigenvalue weighted by atomic mass is 35.5. The van der Waals surface area contributed by atoms with E-state index in [1.165, 1.54) is 30.4 Å². The summed E-state index contributed by atoms with van der Waals surface area (Å²) >= 11 is 11.8. The monoisotopic (exact) mass is 400 g/mol. The quantitative estimate of drug-likeness (QED) is 0.680. The molecule has 0 aliphatic carbocycles.